The van der Waals surface area contributed by atoms with Gasteiger partial charge in [0.05, 0.1) is 17.8 Å². The third-order valence-electron chi connectivity index (χ3n) is 6.26. The van der Waals surface area contributed by atoms with E-state index < -0.39 is 5.97 Å². The summed E-state index contributed by atoms with van der Waals surface area (Å²) < 4.78 is 3.16. The van der Waals surface area contributed by atoms with Crippen molar-refractivity contribution in [2.24, 2.45) is 0 Å². The number of para-hydroxylation sites is 1. The highest BCUT2D eigenvalue weighted by atomic mass is 16.4. The topological polar surface area (TPSA) is 132 Å². The van der Waals surface area contributed by atoms with Crippen molar-refractivity contribution in [3.63, 3.8) is 0 Å². The molecule has 3 aromatic heterocycles. The van der Waals surface area contributed by atoms with E-state index in [1.807, 2.05) is 30.3 Å². The molecular weight excluding hydrogens is 470 g/mol. The van der Waals surface area contributed by atoms with E-state index in [9.17, 15) is 14.7 Å². The molecule has 2 aromatic carbocycles. The van der Waals surface area contributed by atoms with E-state index in [2.05, 4.69) is 32.5 Å². The number of rotatable bonds is 9. The van der Waals surface area contributed by atoms with Gasteiger partial charge in [0.25, 0.3) is 0 Å². The highest BCUT2D eigenvalue weighted by Crippen LogP contribution is 2.29. The van der Waals surface area contributed by atoms with Gasteiger partial charge in [-0.1, -0.05) is 49.7 Å². The van der Waals surface area contributed by atoms with Crippen LogP contribution >= 0.6 is 0 Å². The number of unbranched alkanes of at least 4 members (excludes halogenated alkanes) is 1. The van der Waals surface area contributed by atoms with Gasteiger partial charge >= 0.3 is 11.7 Å². The second-order valence-corrected chi connectivity index (χ2v) is 8.64. The van der Waals surface area contributed by atoms with Gasteiger partial charge in [0.15, 0.2) is 0 Å². The van der Waals surface area contributed by atoms with E-state index in [1.54, 1.807) is 41.4 Å². The first-order valence-corrected chi connectivity index (χ1v) is 12.0. The van der Waals surface area contributed by atoms with Crippen LogP contribution in [0.2, 0.25) is 0 Å². The maximum atomic E-state index is 13.5. The maximum Gasteiger partial charge on any atom is 0.337 e. The van der Waals surface area contributed by atoms with E-state index in [0.29, 0.717) is 18.1 Å². The third kappa shape index (κ3) is 4.81. The summed E-state index contributed by atoms with van der Waals surface area (Å²) in [5, 5.41) is 23.9. The zero-order chi connectivity index (χ0) is 25.8. The number of carbonyl (C=O) groups is 1. The van der Waals surface area contributed by atoms with Crippen LogP contribution in [-0.2, 0) is 13.0 Å². The van der Waals surface area contributed by atoms with Crippen LogP contribution in [0.25, 0.3) is 28.2 Å². The Bertz CT molecular complexity index is 1590. The summed E-state index contributed by atoms with van der Waals surface area (Å²) in [6, 6.07) is 16.4. The fraction of sp³-hybridized carbons (Fsp3) is 0.185. The number of aromatic amines is 1. The Morgan fingerprint density at radius 1 is 1.05 bits per heavy atom. The molecule has 2 N–H and O–H groups in total. The number of H-pyrrole nitrogens is 1. The largest absolute Gasteiger partial charge is 0.478 e. The zero-order valence-electron chi connectivity index (χ0n) is 20.2. The number of carboxylic acid groups (broad SMARTS) is 1. The molecule has 10 nitrogen and oxygen atoms in total. The minimum absolute atomic E-state index is 0.0860. The Balaban J connectivity index is 1.49. The number of imidazole rings is 1. The van der Waals surface area contributed by atoms with Crippen molar-refractivity contribution < 1.29 is 9.90 Å². The molecule has 0 amide bonds. The highest BCUT2D eigenvalue weighted by molar-refractivity contribution is 5.91. The summed E-state index contributed by atoms with van der Waals surface area (Å²) in [6.45, 7) is 2.47. The number of nitrogens with one attached hydrogen (secondary N) is 1. The van der Waals surface area contributed by atoms with Crippen molar-refractivity contribution in [1.29, 1.82) is 0 Å². The van der Waals surface area contributed by atoms with Crippen molar-refractivity contribution in [3.8, 4) is 28.2 Å². The van der Waals surface area contributed by atoms with Gasteiger partial charge in [-0.2, -0.15) is 5.21 Å². The van der Waals surface area contributed by atoms with Gasteiger partial charge in [0, 0.05) is 29.8 Å². The van der Waals surface area contributed by atoms with Crippen LogP contribution in [0.5, 0.6) is 0 Å². The maximum absolute atomic E-state index is 13.5. The summed E-state index contributed by atoms with van der Waals surface area (Å²) in [7, 11) is 0. The number of aromatic carboxylic acids is 1. The summed E-state index contributed by atoms with van der Waals surface area (Å²) in [4.78, 5) is 29.5. The number of pyridine rings is 1. The Hall–Kier alpha value is -4.86. The second kappa shape index (κ2) is 10.4. The Morgan fingerprint density at radius 2 is 1.86 bits per heavy atom. The van der Waals surface area contributed by atoms with Crippen molar-refractivity contribution in [2.45, 2.75) is 32.7 Å². The van der Waals surface area contributed by atoms with Crippen LogP contribution in [0.4, 0.5) is 0 Å². The number of hydrogen-bond donors (Lipinski definition) is 2. The van der Waals surface area contributed by atoms with Crippen molar-refractivity contribution >= 4 is 5.97 Å². The summed E-state index contributed by atoms with van der Waals surface area (Å²) in [5.41, 5.74) is 4.63. The molecule has 0 saturated carbocycles. The molecule has 37 heavy (non-hydrogen) atoms. The lowest BCUT2D eigenvalue weighted by molar-refractivity contribution is 0.0697. The van der Waals surface area contributed by atoms with Gasteiger partial charge in [-0.05, 0) is 52.9 Å². The standard InChI is InChI=1S/C27H25N7O3/c1-2-3-6-20-17-34(24-8-5-4-7-22(24)26(35)36)27(37)33(20)16-18-9-11-19(12-10-18)21-13-14-28-15-23(21)25-29-31-32-30-25/h4-5,7-15,17H,2-3,6,16H2,1H3,(H,35,36)(H,29,30,31,32). The first kappa shape index (κ1) is 23.9. The minimum atomic E-state index is -1.07. The van der Waals surface area contributed by atoms with Crippen molar-refractivity contribution in [2.75, 3.05) is 0 Å². The quantitative estimate of drug-likeness (QED) is 0.316. The van der Waals surface area contributed by atoms with Crippen molar-refractivity contribution in [3.05, 3.63) is 100 Å². The zero-order valence-corrected chi connectivity index (χ0v) is 20.2. The first-order valence-electron chi connectivity index (χ1n) is 12.0. The van der Waals surface area contributed by atoms with Gasteiger partial charge in [-0.15, -0.1) is 10.2 Å². The van der Waals surface area contributed by atoms with Crippen LogP contribution in [0, 0.1) is 0 Å². The first-order chi connectivity index (χ1) is 18.1. The van der Waals surface area contributed by atoms with Crippen LogP contribution in [-0.4, -0.2) is 45.8 Å². The lowest BCUT2D eigenvalue weighted by Crippen LogP contribution is -2.25. The highest BCUT2D eigenvalue weighted by Gasteiger charge is 2.18. The molecule has 5 aromatic rings. The predicted octanol–water partition coefficient (Wildman–Crippen LogP) is 3.97. The number of aryl methyl sites for hydroxylation is 1. The van der Waals surface area contributed by atoms with Gasteiger partial charge < -0.3 is 5.11 Å². The number of benzene rings is 2. The van der Waals surface area contributed by atoms with Crippen LogP contribution in [0.1, 0.15) is 41.4 Å². The number of tetrazole rings is 1. The molecule has 0 spiro atoms. The summed E-state index contributed by atoms with van der Waals surface area (Å²) >= 11 is 0. The molecule has 0 bridgehead atoms. The van der Waals surface area contributed by atoms with E-state index in [1.165, 1.54) is 10.6 Å². The van der Waals surface area contributed by atoms with Gasteiger partial charge in [0.2, 0.25) is 5.82 Å². The van der Waals surface area contributed by atoms with E-state index in [4.69, 9.17) is 0 Å². The number of nitrogens with zero attached hydrogens (tertiary/aromatic N) is 6. The molecule has 0 fully saturated rings. The fourth-order valence-corrected chi connectivity index (χ4v) is 4.36. The summed E-state index contributed by atoms with van der Waals surface area (Å²) in [5.74, 6) is -0.612. The molecule has 0 aliphatic heterocycles. The molecule has 3 heterocycles. The second-order valence-electron chi connectivity index (χ2n) is 8.64. The number of carboxylic acids is 1. The third-order valence-corrected chi connectivity index (χ3v) is 6.26. The minimum Gasteiger partial charge on any atom is -0.478 e. The average molecular weight is 496 g/mol. The molecule has 0 saturated heterocycles. The normalized spacial score (nSPS) is 11.1. The average Bonchev–Trinajstić information content (AvgIpc) is 3.57. The lowest BCUT2D eigenvalue weighted by atomic mass is 10.00. The smallest absolute Gasteiger partial charge is 0.337 e. The SMILES string of the molecule is CCCCc1cn(-c2ccccc2C(=O)O)c(=O)n1Cc1ccc(-c2ccncc2-c2nn[nH]n2)cc1. The molecule has 10 heteroatoms. The summed E-state index contributed by atoms with van der Waals surface area (Å²) in [6.07, 6.45) is 7.80. The lowest BCUT2D eigenvalue weighted by Gasteiger charge is -2.10. The predicted molar refractivity (Wildman–Crippen MR) is 138 cm³/mol. The molecule has 0 aliphatic rings. The molecule has 0 unspecified atom stereocenters. The number of aromatic nitrogens is 7. The van der Waals surface area contributed by atoms with Crippen LogP contribution in [0.3, 0.4) is 0 Å². The molecule has 0 atom stereocenters. The Kier molecular flexibility index (Phi) is 6.71. The monoisotopic (exact) mass is 495 g/mol. The van der Waals surface area contributed by atoms with Crippen molar-refractivity contribution in [1.82, 2.24) is 34.7 Å². The Labute approximate surface area is 212 Å². The molecule has 186 valence electrons. The van der Waals surface area contributed by atoms with Crippen LogP contribution < -0.4 is 5.69 Å². The Morgan fingerprint density at radius 3 is 2.59 bits per heavy atom. The molecule has 0 aliphatic carbocycles. The van der Waals surface area contributed by atoms with Gasteiger partial charge in [-0.25, -0.2) is 9.59 Å². The fourth-order valence-electron chi connectivity index (χ4n) is 4.36. The van der Waals surface area contributed by atoms with E-state index in [0.717, 1.165) is 47.2 Å². The number of hydrogen-bond acceptors (Lipinski definition) is 6. The van der Waals surface area contributed by atoms with E-state index >= 15 is 0 Å². The molecule has 0 radical (unpaired) electrons. The van der Waals surface area contributed by atoms with E-state index in [-0.39, 0.29) is 11.3 Å². The van der Waals surface area contributed by atoms with Gasteiger partial charge in [-0.3, -0.25) is 14.1 Å². The molecular formula is C27H25N7O3. The van der Waals surface area contributed by atoms with Crippen LogP contribution in [0.15, 0.2) is 78.0 Å². The molecule has 5 rings (SSSR count). The van der Waals surface area contributed by atoms with Gasteiger partial charge in [0.1, 0.15) is 0 Å².